The Morgan fingerprint density at radius 2 is 1.46 bits per heavy atom. The summed E-state index contributed by atoms with van der Waals surface area (Å²) in [7, 11) is 0. The maximum atomic E-state index is 5.94. The quantitative estimate of drug-likeness (QED) is 0.416. The summed E-state index contributed by atoms with van der Waals surface area (Å²) in [5.74, 6) is 0.904. The van der Waals surface area contributed by atoms with E-state index in [0.29, 0.717) is 6.61 Å². The fourth-order valence-electron chi connectivity index (χ4n) is 3.35. The van der Waals surface area contributed by atoms with E-state index < -0.39 is 0 Å². The van der Waals surface area contributed by atoms with Crippen LogP contribution in [0.25, 0.3) is 10.8 Å². The van der Waals surface area contributed by atoms with E-state index in [0.717, 1.165) is 12.3 Å². The second-order valence-corrected chi connectivity index (χ2v) is 7.13. The second kappa shape index (κ2) is 8.73. The van der Waals surface area contributed by atoms with Crippen molar-refractivity contribution in [2.24, 2.45) is 0 Å². The van der Waals surface area contributed by atoms with Gasteiger partial charge in [-0.2, -0.15) is 0 Å². The number of benzene rings is 4. The third-order valence-electron chi connectivity index (χ3n) is 5.03. The average Bonchev–Trinajstić information content (AvgIpc) is 2.77. The first kappa shape index (κ1) is 18.3. The Morgan fingerprint density at radius 1 is 0.714 bits per heavy atom. The summed E-state index contributed by atoms with van der Waals surface area (Å²) in [6.07, 6.45) is 0. The van der Waals surface area contributed by atoms with Crippen LogP contribution in [0, 0.1) is 0 Å². The van der Waals surface area contributed by atoms with Gasteiger partial charge in [-0.3, -0.25) is 0 Å². The van der Waals surface area contributed by atoms with Gasteiger partial charge < -0.3 is 10.1 Å². The third-order valence-corrected chi connectivity index (χ3v) is 5.03. The molecular weight excluding hydrogens is 342 g/mol. The fraction of sp³-hybridized carbons (Fsp3) is 0.154. The minimum absolute atomic E-state index is 0.276. The highest BCUT2D eigenvalue weighted by Gasteiger charge is 2.06. The molecule has 0 saturated heterocycles. The largest absolute Gasteiger partial charge is 0.489 e. The zero-order valence-corrected chi connectivity index (χ0v) is 16.1. The predicted octanol–water partition coefficient (Wildman–Crippen LogP) is 6.27. The highest BCUT2D eigenvalue weighted by atomic mass is 16.5. The van der Waals surface area contributed by atoms with Crippen molar-refractivity contribution in [2.45, 2.75) is 26.1 Å². The van der Waals surface area contributed by atoms with Crippen molar-refractivity contribution in [3.8, 4) is 5.75 Å². The van der Waals surface area contributed by atoms with Gasteiger partial charge in [0.1, 0.15) is 12.4 Å². The van der Waals surface area contributed by atoms with E-state index in [1.165, 1.54) is 27.5 Å². The minimum atomic E-state index is 0.276. The molecule has 2 nitrogen and oxygen atoms in total. The van der Waals surface area contributed by atoms with Crippen LogP contribution < -0.4 is 10.1 Å². The molecule has 0 aliphatic rings. The lowest BCUT2D eigenvalue weighted by Gasteiger charge is -2.16. The van der Waals surface area contributed by atoms with Crippen molar-refractivity contribution in [3.05, 3.63) is 114 Å². The van der Waals surface area contributed by atoms with E-state index >= 15 is 0 Å². The van der Waals surface area contributed by atoms with Crippen LogP contribution in [-0.2, 0) is 13.2 Å². The van der Waals surface area contributed by atoms with Crippen LogP contribution in [0.4, 0.5) is 0 Å². The molecule has 0 aliphatic carbocycles. The minimum Gasteiger partial charge on any atom is -0.489 e. The van der Waals surface area contributed by atoms with Gasteiger partial charge >= 0.3 is 0 Å². The van der Waals surface area contributed by atoms with Gasteiger partial charge in [-0.25, -0.2) is 0 Å². The molecular formula is C26H25NO. The predicted molar refractivity (Wildman–Crippen MR) is 116 cm³/mol. The lowest BCUT2D eigenvalue weighted by molar-refractivity contribution is 0.306. The highest BCUT2D eigenvalue weighted by Crippen LogP contribution is 2.21. The molecule has 1 N–H and O–H groups in total. The van der Waals surface area contributed by atoms with Gasteiger partial charge in [-0.05, 0) is 52.6 Å². The normalized spacial score (nSPS) is 12.0. The van der Waals surface area contributed by atoms with Gasteiger partial charge in [0, 0.05) is 12.6 Å². The van der Waals surface area contributed by atoms with E-state index in [-0.39, 0.29) is 6.04 Å². The first-order chi connectivity index (χ1) is 13.8. The number of fused-ring (bicyclic) bond motifs is 1. The van der Waals surface area contributed by atoms with Gasteiger partial charge in [0.25, 0.3) is 0 Å². The molecule has 2 heteroatoms. The summed E-state index contributed by atoms with van der Waals surface area (Å²) < 4.78 is 5.94. The van der Waals surface area contributed by atoms with Crippen molar-refractivity contribution in [1.29, 1.82) is 0 Å². The Hall–Kier alpha value is -3.10. The molecule has 0 saturated carbocycles. The molecule has 0 aliphatic heterocycles. The molecule has 4 rings (SSSR count). The first-order valence-electron chi connectivity index (χ1n) is 9.76. The lowest BCUT2D eigenvalue weighted by Crippen LogP contribution is -2.18. The molecule has 0 aromatic heterocycles. The van der Waals surface area contributed by atoms with Crippen LogP contribution in [0.15, 0.2) is 97.1 Å². The average molecular weight is 367 g/mol. The number of nitrogens with one attached hydrogen (secondary N) is 1. The van der Waals surface area contributed by atoms with Gasteiger partial charge in [0.05, 0.1) is 0 Å². The van der Waals surface area contributed by atoms with E-state index in [2.05, 4.69) is 85.0 Å². The SMILES string of the molecule is CC(NCc1cccc(OCc2ccccc2)c1)c1ccc2ccccc2c1. The standard InChI is InChI=1S/C26H25NO/c1-20(24-15-14-23-11-5-6-12-25(23)17-24)27-18-22-10-7-13-26(16-22)28-19-21-8-3-2-4-9-21/h2-17,20,27H,18-19H2,1H3. The zero-order valence-electron chi connectivity index (χ0n) is 16.1. The van der Waals surface area contributed by atoms with Crippen LogP contribution >= 0.6 is 0 Å². The Kier molecular flexibility index (Phi) is 5.69. The maximum Gasteiger partial charge on any atom is 0.120 e. The Morgan fingerprint density at radius 3 is 2.32 bits per heavy atom. The van der Waals surface area contributed by atoms with Gasteiger partial charge in [0.15, 0.2) is 0 Å². The summed E-state index contributed by atoms with van der Waals surface area (Å²) in [5, 5.41) is 6.19. The van der Waals surface area contributed by atoms with Crippen molar-refractivity contribution in [3.63, 3.8) is 0 Å². The number of hydrogen-bond donors (Lipinski definition) is 1. The highest BCUT2D eigenvalue weighted by molar-refractivity contribution is 5.83. The number of ether oxygens (including phenoxy) is 1. The molecule has 4 aromatic rings. The van der Waals surface area contributed by atoms with E-state index in [1.807, 2.05) is 24.3 Å². The monoisotopic (exact) mass is 367 g/mol. The van der Waals surface area contributed by atoms with Gasteiger partial charge in [-0.15, -0.1) is 0 Å². The molecule has 0 spiro atoms. The number of rotatable bonds is 7. The molecule has 0 heterocycles. The Labute approximate surface area is 166 Å². The van der Waals surface area contributed by atoms with Gasteiger partial charge in [-0.1, -0.05) is 78.9 Å². The van der Waals surface area contributed by atoms with E-state index in [4.69, 9.17) is 4.74 Å². The smallest absolute Gasteiger partial charge is 0.120 e. The molecule has 0 amide bonds. The van der Waals surface area contributed by atoms with Crippen LogP contribution in [0.5, 0.6) is 5.75 Å². The van der Waals surface area contributed by atoms with Crippen molar-refractivity contribution < 1.29 is 4.74 Å². The first-order valence-corrected chi connectivity index (χ1v) is 9.76. The van der Waals surface area contributed by atoms with Crippen molar-refractivity contribution in [1.82, 2.24) is 5.32 Å². The molecule has 0 radical (unpaired) electrons. The zero-order chi connectivity index (χ0) is 19.2. The molecule has 140 valence electrons. The van der Waals surface area contributed by atoms with Crippen LogP contribution in [-0.4, -0.2) is 0 Å². The Bertz CT molecular complexity index is 1040. The molecule has 1 unspecified atom stereocenters. The van der Waals surface area contributed by atoms with Crippen molar-refractivity contribution in [2.75, 3.05) is 0 Å². The van der Waals surface area contributed by atoms with Crippen LogP contribution in [0.1, 0.15) is 29.7 Å². The molecule has 28 heavy (non-hydrogen) atoms. The molecule has 4 aromatic carbocycles. The van der Waals surface area contributed by atoms with Crippen molar-refractivity contribution >= 4 is 10.8 Å². The summed E-state index contributed by atoms with van der Waals surface area (Å²) in [4.78, 5) is 0. The molecule has 0 bridgehead atoms. The van der Waals surface area contributed by atoms with Gasteiger partial charge in [0.2, 0.25) is 0 Å². The third kappa shape index (κ3) is 4.59. The number of hydrogen-bond acceptors (Lipinski definition) is 2. The van der Waals surface area contributed by atoms with Crippen LogP contribution in [0.2, 0.25) is 0 Å². The molecule has 0 fully saturated rings. The van der Waals surface area contributed by atoms with E-state index in [9.17, 15) is 0 Å². The summed E-state index contributed by atoms with van der Waals surface area (Å²) in [5.41, 5.74) is 3.70. The molecule has 1 atom stereocenters. The maximum absolute atomic E-state index is 5.94. The van der Waals surface area contributed by atoms with E-state index in [1.54, 1.807) is 0 Å². The Balaban J connectivity index is 1.37. The summed E-state index contributed by atoms with van der Waals surface area (Å²) in [6, 6.07) is 34.0. The summed E-state index contributed by atoms with van der Waals surface area (Å²) in [6.45, 7) is 3.60. The van der Waals surface area contributed by atoms with Crippen LogP contribution in [0.3, 0.4) is 0 Å². The lowest BCUT2D eigenvalue weighted by atomic mass is 10.0. The topological polar surface area (TPSA) is 21.3 Å². The second-order valence-electron chi connectivity index (χ2n) is 7.13. The fourth-order valence-corrected chi connectivity index (χ4v) is 3.35. The summed E-state index contributed by atoms with van der Waals surface area (Å²) >= 11 is 0.